The van der Waals surface area contributed by atoms with Gasteiger partial charge in [-0.15, -0.1) is 0 Å². The smallest absolute Gasteiger partial charge is 0.251 e. The molecule has 4 atom stereocenters. The van der Waals surface area contributed by atoms with Crippen molar-refractivity contribution in [3.8, 4) is 0 Å². The Bertz CT molecular complexity index is 978. The molecule has 2 amide bonds. The van der Waals surface area contributed by atoms with Crippen LogP contribution in [-0.2, 0) is 14.3 Å². The van der Waals surface area contributed by atoms with Gasteiger partial charge >= 0.3 is 0 Å². The van der Waals surface area contributed by atoms with Gasteiger partial charge in [-0.1, -0.05) is 20.8 Å². The van der Waals surface area contributed by atoms with E-state index in [0.717, 1.165) is 37.9 Å². The summed E-state index contributed by atoms with van der Waals surface area (Å²) in [6, 6.07) is 6.66. The minimum absolute atomic E-state index is 0.0189. The fraction of sp³-hybridized carbons (Fsp3) is 0.654. The molecule has 9 heteroatoms. The lowest BCUT2D eigenvalue weighted by molar-refractivity contribution is -0.140. The van der Waals surface area contributed by atoms with E-state index >= 15 is 0 Å². The number of hydrogen-bond acceptors (Lipinski definition) is 7. The molecule has 1 aromatic carbocycles. The zero-order chi connectivity index (χ0) is 24.9. The highest BCUT2D eigenvalue weighted by atomic mass is 16.5. The third-order valence-corrected chi connectivity index (χ3v) is 7.70. The molecule has 0 aromatic heterocycles. The van der Waals surface area contributed by atoms with Gasteiger partial charge in [0.25, 0.3) is 5.91 Å². The van der Waals surface area contributed by atoms with Crippen LogP contribution in [-0.4, -0.2) is 102 Å². The highest BCUT2D eigenvalue weighted by Crippen LogP contribution is 2.31. The van der Waals surface area contributed by atoms with Gasteiger partial charge in [-0.25, -0.2) is 0 Å². The predicted octanol–water partition coefficient (Wildman–Crippen LogP) is 0.655. The summed E-state index contributed by atoms with van der Waals surface area (Å²) in [7, 11) is 0. The van der Waals surface area contributed by atoms with Crippen molar-refractivity contribution in [1.82, 2.24) is 15.1 Å². The predicted molar refractivity (Wildman–Crippen MR) is 130 cm³/mol. The van der Waals surface area contributed by atoms with Gasteiger partial charge in [-0.2, -0.15) is 0 Å². The maximum absolute atomic E-state index is 13.5. The third kappa shape index (κ3) is 4.81. The Kier molecular flexibility index (Phi) is 6.35. The molecule has 0 radical (unpaired) electrons. The third-order valence-electron chi connectivity index (χ3n) is 7.70. The number of aliphatic hydroxyl groups is 1. The standard InChI is InChI=1S/C26H36N4O5/c1-26(2,3)23(25(34)30-14-19(31)22-21(30)20(32)15-35-22)27-24(33)16-4-6-17(7-5-16)28-10-12-29(13-11-28)18-8-9-18/h4-7,18-19,21-23,31H,8-15H2,1-3H3,(H,27,33)/t19-,21-,22-,23-/m1/s1. The molecule has 190 valence electrons. The molecule has 1 saturated carbocycles. The van der Waals surface area contributed by atoms with E-state index in [9.17, 15) is 19.5 Å². The number of carbonyl (C=O) groups is 3. The van der Waals surface area contributed by atoms with E-state index in [2.05, 4.69) is 15.1 Å². The maximum Gasteiger partial charge on any atom is 0.251 e. The molecular formula is C26H36N4O5. The molecule has 4 aliphatic rings. The molecule has 0 bridgehead atoms. The lowest BCUT2D eigenvalue weighted by Gasteiger charge is -2.36. The number of ketones is 1. The van der Waals surface area contributed by atoms with Crippen LogP contribution in [0.1, 0.15) is 44.0 Å². The second kappa shape index (κ2) is 9.19. The van der Waals surface area contributed by atoms with Gasteiger partial charge in [0.15, 0.2) is 5.78 Å². The van der Waals surface area contributed by atoms with Crippen molar-refractivity contribution in [2.24, 2.45) is 5.41 Å². The molecule has 1 aromatic rings. The summed E-state index contributed by atoms with van der Waals surface area (Å²) < 4.78 is 5.39. The van der Waals surface area contributed by atoms with E-state index in [1.54, 1.807) is 12.1 Å². The monoisotopic (exact) mass is 484 g/mol. The molecular weight excluding hydrogens is 448 g/mol. The first-order valence-corrected chi connectivity index (χ1v) is 12.7. The molecule has 2 N–H and O–H groups in total. The Balaban J connectivity index is 1.25. The molecule has 3 aliphatic heterocycles. The van der Waals surface area contributed by atoms with Crippen LogP contribution in [0.25, 0.3) is 0 Å². The molecule has 9 nitrogen and oxygen atoms in total. The molecule has 0 unspecified atom stereocenters. The number of nitrogens with one attached hydrogen (secondary N) is 1. The molecule has 3 heterocycles. The topological polar surface area (TPSA) is 102 Å². The van der Waals surface area contributed by atoms with E-state index in [-0.39, 0.29) is 30.7 Å². The summed E-state index contributed by atoms with van der Waals surface area (Å²) in [5, 5.41) is 13.2. The van der Waals surface area contributed by atoms with Gasteiger partial charge in [-0.05, 0) is 42.5 Å². The first-order valence-electron chi connectivity index (χ1n) is 12.7. The number of aliphatic hydroxyl groups excluding tert-OH is 1. The Hall–Kier alpha value is -2.49. The van der Waals surface area contributed by atoms with Crippen LogP contribution in [0.2, 0.25) is 0 Å². The number of carbonyl (C=O) groups excluding carboxylic acids is 3. The quantitative estimate of drug-likeness (QED) is 0.633. The fourth-order valence-electron chi connectivity index (χ4n) is 5.49. The van der Waals surface area contributed by atoms with Gasteiger partial charge in [0.05, 0.1) is 6.54 Å². The lowest BCUT2D eigenvalue weighted by Crippen LogP contribution is -2.57. The summed E-state index contributed by atoms with van der Waals surface area (Å²) in [5.74, 6) is -0.928. The SMILES string of the molecule is CC(C)(C)[C@H](NC(=O)c1ccc(N2CCN(C3CC3)CC2)cc1)C(=O)N1C[C@@H](O)[C@H]2OCC(=O)[C@H]21. The van der Waals surface area contributed by atoms with Crippen LogP contribution in [0.4, 0.5) is 5.69 Å². The summed E-state index contributed by atoms with van der Waals surface area (Å²) in [6.07, 6.45) is 1.05. The van der Waals surface area contributed by atoms with Gasteiger partial charge < -0.3 is 25.0 Å². The lowest BCUT2D eigenvalue weighted by atomic mass is 9.85. The number of piperazine rings is 1. The molecule has 35 heavy (non-hydrogen) atoms. The minimum Gasteiger partial charge on any atom is -0.388 e. The first kappa shape index (κ1) is 24.2. The van der Waals surface area contributed by atoms with Gasteiger partial charge in [-0.3, -0.25) is 19.3 Å². The van der Waals surface area contributed by atoms with Crippen LogP contribution < -0.4 is 10.2 Å². The van der Waals surface area contributed by atoms with E-state index in [1.165, 1.54) is 17.7 Å². The first-order chi connectivity index (χ1) is 16.6. The Labute approximate surface area is 206 Å². The second-order valence-electron chi connectivity index (χ2n) is 11.3. The molecule has 4 fully saturated rings. The molecule has 1 aliphatic carbocycles. The van der Waals surface area contributed by atoms with E-state index in [0.29, 0.717) is 5.56 Å². The summed E-state index contributed by atoms with van der Waals surface area (Å²) >= 11 is 0. The van der Waals surface area contributed by atoms with Crippen LogP contribution in [0.15, 0.2) is 24.3 Å². The number of β-amino-alcohol motifs (C(OH)–C–C–N with tert-alkyl or cyclic N) is 1. The number of likely N-dealkylation sites (tertiary alicyclic amines) is 1. The molecule has 3 saturated heterocycles. The number of nitrogens with zero attached hydrogens (tertiary/aromatic N) is 3. The largest absolute Gasteiger partial charge is 0.388 e. The average Bonchev–Trinajstić information content (AvgIpc) is 3.54. The van der Waals surface area contributed by atoms with E-state index in [4.69, 9.17) is 4.74 Å². The van der Waals surface area contributed by atoms with Gasteiger partial charge in [0.1, 0.15) is 30.9 Å². The zero-order valence-corrected chi connectivity index (χ0v) is 20.8. The summed E-state index contributed by atoms with van der Waals surface area (Å²) in [6.45, 7) is 9.64. The highest BCUT2D eigenvalue weighted by molar-refractivity contribution is 5.99. The number of amides is 2. The number of benzene rings is 1. The summed E-state index contributed by atoms with van der Waals surface area (Å²) in [5.41, 5.74) is 0.976. The zero-order valence-electron chi connectivity index (χ0n) is 20.8. The molecule has 5 rings (SSSR count). The van der Waals surface area contributed by atoms with E-state index < -0.39 is 29.7 Å². The van der Waals surface area contributed by atoms with Crippen molar-refractivity contribution < 1.29 is 24.2 Å². The second-order valence-corrected chi connectivity index (χ2v) is 11.3. The number of ether oxygens (including phenoxy) is 1. The van der Waals surface area contributed by atoms with Gasteiger partial charge in [0.2, 0.25) is 5.91 Å². The number of rotatable bonds is 5. The number of hydrogen-bond donors (Lipinski definition) is 2. The normalized spacial score (nSPS) is 28.2. The maximum atomic E-state index is 13.5. The van der Waals surface area contributed by atoms with Gasteiger partial charge in [0, 0.05) is 43.5 Å². The average molecular weight is 485 g/mol. The van der Waals surface area contributed by atoms with Crippen LogP contribution in [0, 0.1) is 5.41 Å². The van der Waals surface area contributed by atoms with Crippen molar-refractivity contribution in [3.05, 3.63) is 29.8 Å². The Morgan fingerprint density at radius 1 is 1.09 bits per heavy atom. The van der Waals surface area contributed by atoms with Crippen molar-refractivity contribution in [2.75, 3.05) is 44.2 Å². The van der Waals surface area contributed by atoms with Crippen LogP contribution >= 0.6 is 0 Å². The minimum atomic E-state index is -0.912. The van der Waals surface area contributed by atoms with Crippen LogP contribution in [0.5, 0.6) is 0 Å². The number of fused-ring (bicyclic) bond motifs is 1. The number of anilines is 1. The fourth-order valence-corrected chi connectivity index (χ4v) is 5.49. The Morgan fingerprint density at radius 2 is 1.74 bits per heavy atom. The van der Waals surface area contributed by atoms with Crippen molar-refractivity contribution in [2.45, 2.75) is 63.9 Å². The highest BCUT2D eigenvalue weighted by Gasteiger charge is 2.53. The van der Waals surface area contributed by atoms with Crippen molar-refractivity contribution in [1.29, 1.82) is 0 Å². The van der Waals surface area contributed by atoms with Crippen molar-refractivity contribution >= 4 is 23.3 Å². The number of Topliss-reactive ketones (excluding diaryl/α,β-unsaturated/α-hetero) is 1. The summed E-state index contributed by atoms with van der Waals surface area (Å²) in [4.78, 5) is 45.3. The molecule has 0 spiro atoms. The van der Waals surface area contributed by atoms with Crippen LogP contribution in [0.3, 0.4) is 0 Å². The Morgan fingerprint density at radius 3 is 2.34 bits per heavy atom. The van der Waals surface area contributed by atoms with Crippen molar-refractivity contribution in [3.63, 3.8) is 0 Å². The van der Waals surface area contributed by atoms with E-state index in [1.807, 2.05) is 32.9 Å².